The highest BCUT2D eigenvalue weighted by Crippen LogP contribution is 2.21. The number of nitrogens with zero attached hydrogens (tertiary/aromatic N) is 1. The monoisotopic (exact) mass is 329 g/mol. The Bertz CT molecular complexity index is 530. The van der Waals surface area contributed by atoms with E-state index >= 15 is 0 Å². The molecule has 0 amide bonds. The number of ether oxygens (including phenoxy) is 3. The summed E-state index contributed by atoms with van der Waals surface area (Å²) in [5.74, 6) is 1.23. The normalized spacial score (nSPS) is 17.4. The summed E-state index contributed by atoms with van der Waals surface area (Å²) in [6.45, 7) is 3.27. The Morgan fingerprint density at radius 2 is 1.64 bits per heavy atom. The fourth-order valence-electron chi connectivity index (χ4n) is 2.19. The SMILES string of the molecule is COCCOCCOc1ccc(N2CCS(=O)(=O)CC2)cc1. The van der Waals surface area contributed by atoms with E-state index in [0.717, 1.165) is 11.4 Å². The van der Waals surface area contributed by atoms with Crippen LogP contribution in [-0.4, -0.2) is 66.6 Å². The molecular weight excluding hydrogens is 306 g/mol. The van der Waals surface area contributed by atoms with Crippen LogP contribution in [0.2, 0.25) is 0 Å². The summed E-state index contributed by atoms with van der Waals surface area (Å²) in [6.07, 6.45) is 0. The zero-order chi connectivity index (χ0) is 15.8. The van der Waals surface area contributed by atoms with Gasteiger partial charge in [-0.15, -0.1) is 0 Å². The molecule has 0 radical (unpaired) electrons. The van der Waals surface area contributed by atoms with E-state index in [4.69, 9.17) is 14.2 Å². The molecule has 6 nitrogen and oxygen atoms in total. The van der Waals surface area contributed by atoms with Gasteiger partial charge in [-0.1, -0.05) is 0 Å². The summed E-state index contributed by atoms with van der Waals surface area (Å²) in [7, 11) is -1.20. The smallest absolute Gasteiger partial charge is 0.153 e. The van der Waals surface area contributed by atoms with Crippen molar-refractivity contribution in [1.82, 2.24) is 0 Å². The molecule has 1 fully saturated rings. The van der Waals surface area contributed by atoms with Gasteiger partial charge in [0, 0.05) is 25.9 Å². The summed E-state index contributed by atoms with van der Waals surface area (Å²) < 4.78 is 38.6. The second kappa shape index (κ2) is 8.36. The maximum absolute atomic E-state index is 11.4. The average Bonchev–Trinajstić information content (AvgIpc) is 2.51. The predicted octanol–water partition coefficient (Wildman–Crippen LogP) is 0.963. The van der Waals surface area contributed by atoms with Crippen molar-refractivity contribution in [2.75, 3.05) is 63.0 Å². The summed E-state index contributed by atoms with van der Waals surface area (Å²) in [6, 6.07) is 7.71. The average molecular weight is 329 g/mol. The van der Waals surface area contributed by atoms with Crippen LogP contribution in [0.25, 0.3) is 0 Å². The lowest BCUT2D eigenvalue weighted by molar-refractivity contribution is 0.0544. The first-order valence-electron chi connectivity index (χ1n) is 7.36. The lowest BCUT2D eigenvalue weighted by Gasteiger charge is -2.28. The van der Waals surface area contributed by atoms with Crippen LogP contribution in [0.3, 0.4) is 0 Å². The molecule has 2 rings (SSSR count). The number of hydrogen-bond donors (Lipinski definition) is 0. The molecule has 0 N–H and O–H groups in total. The van der Waals surface area contributed by atoms with Crippen molar-refractivity contribution in [2.45, 2.75) is 0 Å². The first kappa shape index (κ1) is 17.1. The van der Waals surface area contributed by atoms with Crippen molar-refractivity contribution in [1.29, 1.82) is 0 Å². The van der Waals surface area contributed by atoms with E-state index in [1.807, 2.05) is 24.3 Å². The molecule has 1 aromatic carbocycles. The standard InChI is InChI=1S/C15H23NO5S/c1-19-8-9-20-10-11-21-15-4-2-14(3-5-15)16-6-12-22(17,18)13-7-16/h2-5H,6-13H2,1H3. The van der Waals surface area contributed by atoms with E-state index in [0.29, 0.717) is 39.5 Å². The molecule has 0 saturated carbocycles. The van der Waals surface area contributed by atoms with Crippen LogP contribution in [-0.2, 0) is 19.3 Å². The molecule has 1 aliphatic heterocycles. The molecular formula is C15H23NO5S. The van der Waals surface area contributed by atoms with Gasteiger partial charge in [0.1, 0.15) is 12.4 Å². The molecule has 1 aliphatic rings. The van der Waals surface area contributed by atoms with Gasteiger partial charge in [-0.05, 0) is 24.3 Å². The highest BCUT2D eigenvalue weighted by atomic mass is 32.2. The molecule has 0 aromatic heterocycles. The number of sulfone groups is 1. The zero-order valence-electron chi connectivity index (χ0n) is 12.9. The molecule has 0 atom stereocenters. The van der Waals surface area contributed by atoms with Crippen molar-refractivity contribution in [3.8, 4) is 5.75 Å². The van der Waals surface area contributed by atoms with Crippen molar-refractivity contribution < 1.29 is 22.6 Å². The Kier molecular flexibility index (Phi) is 6.48. The zero-order valence-corrected chi connectivity index (χ0v) is 13.7. The lowest BCUT2D eigenvalue weighted by Crippen LogP contribution is -2.40. The minimum absolute atomic E-state index is 0.226. The van der Waals surface area contributed by atoms with E-state index in [-0.39, 0.29) is 11.5 Å². The van der Waals surface area contributed by atoms with Gasteiger partial charge in [0.15, 0.2) is 9.84 Å². The number of benzene rings is 1. The lowest BCUT2D eigenvalue weighted by atomic mass is 10.2. The fraction of sp³-hybridized carbons (Fsp3) is 0.600. The summed E-state index contributed by atoms with van der Waals surface area (Å²) in [4.78, 5) is 2.08. The summed E-state index contributed by atoms with van der Waals surface area (Å²) in [5.41, 5.74) is 1.03. The van der Waals surface area contributed by atoms with Crippen LogP contribution in [0.15, 0.2) is 24.3 Å². The van der Waals surface area contributed by atoms with Crippen molar-refractivity contribution in [2.24, 2.45) is 0 Å². The second-order valence-corrected chi connectivity index (χ2v) is 7.39. The van der Waals surface area contributed by atoms with Crippen LogP contribution in [0.1, 0.15) is 0 Å². The maximum Gasteiger partial charge on any atom is 0.153 e. The van der Waals surface area contributed by atoms with Crippen molar-refractivity contribution >= 4 is 15.5 Å². The highest BCUT2D eigenvalue weighted by Gasteiger charge is 2.21. The number of methoxy groups -OCH3 is 1. The largest absolute Gasteiger partial charge is 0.491 e. The Hall–Kier alpha value is -1.31. The summed E-state index contributed by atoms with van der Waals surface area (Å²) >= 11 is 0. The fourth-order valence-corrected chi connectivity index (χ4v) is 3.39. The number of hydrogen-bond acceptors (Lipinski definition) is 6. The van der Waals surface area contributed by atoms with Gasteiger partial charge in [-0.3, -0.25) is 0 Å². The Morgan fingerprint density at radius 1 is 1.00 bits per heavy atom. The van der Waals surface area contributed by atoms with E-state index in [2.05, 4.69) is 4.90 Å². The van der Waals surface area contributed by atoms with Crippen molar-refractivity contribution in [3.05, 3.63) is 24.3 Å². The quantitative estimate of drug-likeness (QED) is 0.662. The molecule has 124 valence electrons. The Labute approximate surface area is 131 Å². The maximum atomic E-state index is 11.4. The van der Waals surface area contributed by atoms with Gasteiger partial charge in [0.05, 0.1) is 31.3 Å². The first-order valence-corrected chi connectivity index (χ1v) is 9.18. The van der Waals surface area contributed by atoms with Gasteiger partial charge in [0.2, 0.25) is 0 Å². The Morgan fingerprint density at radius 3 is 2.27 bits per heavy atom. The minimum Gasteiger partial charge on any atom is -0.491 e. The van der Waals surface area contributed by atoms with Crippen molar-refractivity contribution in [3.63, 3.8) is 0 Å². The third-order valence-electron chi connectivity index (χ3n) is 3.47. The van der Waals surface area contributed by atoms with E-state index in [1.165, 1.54) is 0 Å². The molecule has 1 aromatic rings. The van der Waals surface area contributed by atoms with E-state index < -0.39 is 9.84 Å². The first-order chi connectivity index (χ1) is 10.6. The van der Waals surface area contributed by atoms with E-state index in [1.54, 1.807) is 7.11 Å². The van der Waals surface area contributed by atoms with Gasteiger partial charge >= 0.3 is 0 Å². The topological polar surface area (TPSA) is 65.1 Å². The van der Waals surface area contributed by atoms with Gasteiger partial charge in [0.25, 0.3) is 0 Å². The molecule has 1 heterocycles. The van der Waals surface area contributed by atoms with Crippen LogP contribution in [0, 0.1) is 0 Å². The van der Waals surface area contributed by atoms with Crippen LogP contribution >= 0.6 is 0 Å². The summed E-state index contributed by atoms with van der Waals surface area (Å²) in [5, 5.41) is 0. The third-order valence-corrected chi connectivity index (χ3v) is 5.08. The molecule has 22 heavy (non-hydrogen) atoms. The molecule has 0 spiro atoms. The van der Waals surface area contributed by atoms with Gasteiger partial charge in [-0.25, -0.2) is 8.42 Å². The number of anilines is 1. The number of rotatable bonds is 8. The van der Waals surface area contributed by atoms with Crippen LogP contribution in [0.5, 0.6) is 5.75 Å². The molecule has 0 bridgehead atoms. The Balaban J connectivity index is 1.74. The molecule has 7 heteroatoms. The van der Waals surface area contributed by atoms with Gasteiger partial charge in [-0.2, -0.15) is 0 Å². The second-order valence-electron chi connectivity index (χ2n) is 5.09. The van der Waals surface area contributed by atoms with Crippen LogP contribution in [0.4, 0.5) is 5.69 Å². The third kappa shape index (κ3) is 5.47. The predicted molar refractivity (Wildman–Crippen MR) is 85.5 cm³/mol. The minimum atomic E-state index is -2.84. The molecule has 0 unspecified atom stereocenters. The van der Waals surface area contributed by atoms with Crippen LogP contribution < -0.4 is 9.64 Å². The molecule has 1 saturated heterocycles. The molecule has 0 aliphatic carbocycles. The van der Waals surface area contributed by atoms with E-state index in [9.17, 15) is 8.42 Å². The van der Waals surface area contributed by atoms with Gasteiger partial charge < -0.3 is 19.1 Å². The highest BCUT2D eigenvalue weighted by molar-refractivity contribution is 7.91.